The Morgan fingerprint density at radius 1 is 1.83 bits per heavy atom. The summed E-state index contributed by atoms with van der Waals surface area (Å²) in [6.07, 6.45) is 1.17. The Bertz CT molecular complexity index is 45.5. The Balaban J connectivity index is 2.99. The summed E-state index contributed by atoms with van der Waals surface area (Å²) in [7, 11) is 1.96. The first kappa shape index (κ1) is 6.52. The average Bonchev–Trinajstić information content (AvgIpc) is 1.65. The molecule has 0 atom stereocenters. The summed E-state index contributed by atoms with van der Waals surface area (Å²) < 4.78 is 1.43. The molecule has 0 aromatic rings. The zero-order chi connectivity index (χ0) is 4.99. The van der Waals surface area contributed by atoms with Gasteiger partial charge in [-0.3, -0.25) is 0 Å². The SMILES string of the molecule is CC[C](=[W])NC. The molecular weight excluding hydrogens is 246 g/mol. The number of hydrogen-bond donors (Lipinski definition) is 1. The first-order chi connectivity index (χ1) is 2.81. The van der Waals surface area contributed by atoms with Gasteiger partial charge in [-0.1, -0.05) is 0 Å². The van der Waals surface area contributed by atoms with Crippen LogP contribution in [-0.2, 0) is 19.4 Å². The predicted molar refractivity (Wildman–Crippen MR) is 24.4 cm³/mol. The summed E-state index contributed by atoms with van der Waals surface area (Å²) in [5, 5.41) is 3.07. The van der Waals surface area contributed by atoms with Crippen molar-refractivity contribution >= 4 is 4.02 Å². The first-order valence-electron chi connectivity index (χ1n) is 2.01. The fraction of sp³-hybridized carbons (Fsp3) is 0.750. The third kappa shape index (κ3) is 2.74. The minimum atomic E-state index is 1.17. The van der Waals surface area contributed by atoms with Gasteiger partial charge in [-0.05, 0) is 0 Å². The quantitative estimate of drug-likeness (QED) is 0.747. The van der Waals surface area contributed by atoms with Gasteiger partial charge in [0.2, 0.25) is 0 Å². The van der Waals surface area contributed by atoms with Gasteiger partial charge in [0.25, 0.3) is 0 Å². The molecular formula is C4H9NW. The van der Waals surface area contributed by atoms with Crippen molar-refractivity contribution in [2.75, 3.05) is 7.05 Å². The van der Waals surface area contributed by atoms with E-state index in [0.29, 0.717) is 0 Å². The van der Waals surface area contributed by atoms with Crippen LogP contribution in [0.2, 0.25) is 0 Å². The van der Waals surface area contributed by atoms with Gasteiger partial charge in [0.15, 0.2) is 0 Å². The van der Waals surface area contributed by atoms with E-state index in [1.165, 1.54) is 10.4 Å². The number of rotatable bonds is 2. The molecule has 0 rings (SSSR count). The summed E-state index contributed by atoms with van der Waals surface area (Å²) >= 11 is 1.55. The topological polar surface area (TPSA) is 12.0 Å². The second kappa shape index (κ2) is 3.70. The van der Waals surface area contributed by atoms with Crippen molar-refractivity contribution in [3.05, 3.63) is 0 Å². The minimum absolute atomic E-state index is 1.17. The van der Waals surface area contributed by atoms with Crippen LogP contribution in [0.1, 0.15) is 13.3 Å². The van der Waals surface area contributed by atoms with E-state index in [4.69, 9.17) is 0 Å². The summed E-state index contributed by atoms with van der Waals surface area (Å²) in [6.45, 7) is 2.15. The van der Waals surface area contributed by atoms with Crippen LogP contribution in [0.25, 0.3) is 0 Å². The van der Waals surface area contributed by atoms with E-state index in [1.54, 1.807) is 19.4 Å². The summed E-state index contributed by atoms with van der Waals surface area (Å²) in [5.41, 5.74) is 0. The van der Waals surface area contributed by atoms with Crippen molar-refractivity contribution in [2.45, 2.75) is 13.3 Å². The number of nitrogens with one attached hydrogen (secondary N) is 1. The third-order valence-corrected chi connectivity index (χ3v) is 2.37. The Morgan fingerprint density at radius 2 is 2.33 bits per heavy atom. The van der Waals surface area contributed by atoms with Gasteiger partial charge in [-0.25, -0.2) is 0 Å². The van der Waals surface area contributed by atoms with E-state index < -0.39 is 0 Å². The molecule has 6 heavy (non-hydrogen) atoms. The van der Waals surface area contributed by atoms with E-state index >= 15 is 0 Å². The molecule has 0 fully saturated rings. The molecule has 0 radical (unpaired) electrons. The standard InChI is InChI=1S/C4H9N.W/c1-3-4-5-2;/h5H,3H2,1-2H3;. The van der Waals surface area contributed by atoms with Crippen LogP contribution in [0.5, 0.6) is 0 Å². The van der Waals surface area contributed by atoms with Crippen molar-refractivity contribution in [1.29, 1.82) is 0 Å². The van der Waals surface area contributed by atoms with Crippen molar-refractivity contribution < 1.29 is 19.4 Å². The van der Waals surface area contributed by atoms with Crippen LogP contribution in [-0.4, -0.2) is 11.1 Å². The summed E-state index contributed by atoms with van der Waals surface area (Å²) in [5.74, 6) is 0. The molecule has 0 amide bonds. The molecule has 0 unspecified atom stereocenters. The van der Waals surface area contributed by atoms with Gasteiger partial charge in [0, 0.05) is 0 Å². The molecule has 0 aromatic heterocycles. The van der Waals surface area contributed by atoms with E-state index in [1.807, 2.05) is 7.05 Å². The molecule has 0 saturated heterocycles. The van der Waals surface area contributed by atoms with Crippen LogP contribution in [0.3, 0.4) is 0 Å². The maximum absolute atomic E-state index is 3.07. The van der Waals surface area contributed by atoms with Gasteiger partial charge in [-0.15, -0.1) is 0 Å². The molecule has 1 nitrogen and oxygen atoms in total. The van der Waals surface area contributed by atoms with Crippen LogP contribution < -0.4 is 5.32 Å². The molecule has 1 N–H and O–H groups in total. The fourth-order valence-corrected chi connectivity index (χ4v) is 0.177. The Labute approximate surface area is 49.5 Å². The van der Waals surface area contributed by atoms with E-state index in [2.05, 4.69) is 12.2 Å². The summed E-state index contributed by atoms with van der Waals surface area (Å²) in [4.78, 5) is 0. The average molecular weight is 255 g/mol. The van der Waals surface area contributed by atoms with Crippen LogP contribution >= 0.6 is 0 Å². The van der Waals surface area contributed by atoms with E-state index in [-0.39, 0.29) is 0 Å². The molecule has 0 saturated carbocycles. The Morgan fingerprint density at radius 3 is 2.33 bits per heavy atom. The maximum atomic E-state index is 3.07. The molecule has 0 heterocycles. The molecule has 0 aliphatic heterocycles. The molecule has 0 aliphatic carbocycles. The molecule has 36 valence electrons. The van der Waals surface area contributed by atoms with Crippen LogP contribution in [0, 0.1) is 0 Å². The zero-order valence-electron chi connectivity index (χ0n) is 4.12. The monoisotopic (exact) mass is 255 g/mol. The van der Waals surface area contributed by atoms with Crippen molar-refractivity contribution in [3.8, 4) is 0 Å². The third-order valence-electron chi connectivity index (χ3n) is 0.600. The molecule has 0 aromatic carbocycles. The second-order valence-electron chi connectivity index (χ2n) is 1.03. The second-order valence-corrected chi connectivity index (χ2v) is 2.80. The zero-order valence-corrected chi connectivity index (χ0v) is 7.05. The van der Waals surface area contributed by atoms with Crippen LogP contribution in [0.4, 0.5) is 0 Å². The fourth-order valence-electron chi connectivity index (χ4n) is 0.177. The van der Waals surface area contributed by atoms with Crippen LogP contribution in [0.15, 0.2) is 0 Å². The molecule has 2 heteroatoms. The number of hydrogen-bond acceptors (Lipinski definition) is 1. The first-order valence-corrected chi connectivity index (χ1v) is 3.48. The van der Waals surface area contributed by atoms with Crippen molar-refractivity contribution in [3.63, 3.8) is 0 Å². The Kier molecular flexibility index (Phi) is 4.02. The van der Waals surface area contributed by atoms with Gasteiger partial charge in [0.05, 0.1) is 0 Å². The van der Waals surface area contributed by atoms with Crippen molar-refractivity contribution in [1.82, 2.24) is 5.32 Å². The Hall–Kier alpha value is 0.518. The van der Waals surface area contributed by atoms with Gasteiger partial charge >= 0.3 is 49.1 Å². The van der Waals surface area contributed by atoms with E-state index in [0.717, 1.165) is 0 Å². The summed E-state index contributed by atoms with van der Waals surface area (Å²) in [6, 6.07) is 0. The molecule has 0 aliphatic rings. The molecule has 0 bridgehead atoms. The molecule has 0 spiro atoms. The van der Waals surface area contributed by atoms with Gasteiger partial charge in [-0.2, -0.15) is 0 Å². The van der Waals surface area contributed by atoms with Gasteiger partial charge in [0.1, 0.15) is 0 Å². The van der Waals surface area contributed by atoms with Gasteiger partial charge < -0.3 is 0 Å². The normalized spacial score (nSPS) is 8.33. The predicted octanol–water partition coefficient (Wildman–Crippen LogP) is 0.293. The van der Waals surface area contributed by atoms with Crippen molar-refractivity contribution in [2.24, 2.45) is 0 Å². The van der Waals surface area contributed by atoms with E-state index in [9.17, 15) is 0 Å².